The summed E-state index contributed by atoms with van der Waals surface area (Å²) in [6.07, 6.45) is 0. The Balaban J connectivity index is 2.07. The minimum atomic E-state index is -0.276. The number of halogens is 2. The number of amides is 1. The van der Waals surface area contributed by atoms with E-state index < -0.39 is 0 Å². The molecule has 0 saturated heterocycles. The predicted molar refractivity (Wildman–Crippen MR) is 98.8 cm³/mol. The summed E-state index contributed by atoms with van der Waals surface area (Å²) in [7, 11) is 0. The molecule has 0 unspecified atom stereocenters. The van der Waals surface area contributed by atoms with Crippen molar-refractivity contribution in [3.63, 3.8) is 0 Å². The predicted octanol–water partition coefficient (Wildman–Crippen LogP) is 4.85. The van der Waals surface area contributed by atoms with Crippen molar-refractivity contribution in [2.45, 2.75) is 13.8 Å². The van der Waals surface area contributed by atoms with Gasteiger partial charge in [-0.05, 0) is 73.6 Å². The van der Waals surface area contributed by atoms with E-state index in [9.17, 15) is 4.79 Å². The van der Waals surface area contributed by atoms with Gasteiger partial charge in [-0.1, -0.05) is 27.5 Å². The van der Waals surface area contributed by atoms with Crippen molar-refractivity contribution >= 4 is 56.5 Å². The minimum absolute atomic E-state index is 0.258. The standard InChI is InChI=1S/C16H14BrClN2OS/c1-9-7-12(17)8-10(2)14(9)19-16(22)20-15(21)11-3-5-13(18)6-4-11/h3-8H,1-2H3,(H2,19,20,21,22). The van der Waals surface area contributed by atoms with Crippen LogP contribution in [0, 0.1) is 13.8 Å². The van der Waals surface area contributed by atoms with Gasteiger partial charge in [-0.25, -0.2) is 0 Å². The molecule has 0 aliphatic heterocycles. The fourth-order valence-corrected chi connectivity index (χ4v) is 3.04. The van der Waals surface area contributed by atoms with Crippen LogP contribution in [0.15, 0.2) is 40.9 Å². The lowest BCUT2D eigenvalue weighted by Crippen LogP contribution is -2.34. The van der Waals surface area contributed by atoms with Gasteiger partial charge in [-0.3, -0.25) is 10.1 Å². The van der Waals surface area contributed by atoms with E-state index in [0.717, 1.165) is 21.3 Å². The smallest absolute Gasteiger partial charge is 0.257 e. The van der Waals surface area contributed by atoms with Gasteiger partial charge < -0.3 is 5.32 Å². The molecule has 0 bridgehead atoms. The van der Waals surface area contributed by atoms with Gasteiger partial charge in [0.15, 0.2) is 5.11 Å². The normalized spacial score (nSPS) is 10.2. The fraction of sp³-hybridized carbons (Fsp3) is 0.125. The van der Waals surface area contributed by atoms with Crippen molar-refractivity contribution in [3.05, 3.63) is 62.6 Å². The molecule has 2 aromatic carbocycles. The van der Waals surface area contributed by atoms with Gasteiger partial charge in [0.2, 0.25) is 0 Å². The Hall–Kier alpha value is -1.43. The zero-order valence-electron chi connectivity index (χ0n) is 12.0. The van der Waals surface area contributed by atoms with Crippen molar-refractivity contribution in [2.24, 2.45) is 0 Å². The first-order valence-corrected chi connectivity index (χ1v) is 8.09. The highest BCUT2D eigenvalue weighted by Gasteiger charge is 2.10. The Labute approximate surface area is 148 Å². The molecule has 0 saturated carbocycles. The second-order valence-corrected chi connectivity index (χ2v) is 6.59. The van der Waals surface area contributed by atoms with Crippen LogP contribution in [0.2, 0.25) is 5.02 Å². The summed E-state index contributed by atoms with van der Waals surface area (Å²) in [5, 5.41) is 6.57. The van der Waals surface area contributed by atoms with Gasteiger partial charge in [0.25, 0.3) is 5.91 Å². The van der Waals surface area contributed by atoms with E-state index in [4.69, 9.17) is 23.8 Å². The summed E-state index contributed by atoms with van der Waals surface area (Å²) < 4.78 is 1.00. The summed E-state index contributed by atoms with van der Waals surface area (Å²) >= 11 is 14.5. The molecule has 2 rings (SSSR count). The first-order chi connectivity index (χ1) is 10.4. The second-order valence-electron chi connectivity index (χ2n) is 4.83. The molecule has 0 fully saturated rings. The zero-order chi connectivity index (χ0) is 16.3. The monoisotopic (exact) mass is 396 g/mol. The quantitative estimate of drug-likeness (QED) is 0.712. The summed E-state index contributed by atoms with van der Waals surface area (Å²) in [5.41, 5.74) is 3.47. The van der Waals surface area contributed by atoms with E-state index in [1.165, 1.54) is 0 Å². The highest BCUT2D eigenvalue weighted by atomic mass is 79.9. The average Bonchev–Trinajstić information content (AvgIpc) is 2.43. The van der Waals surface area contributed by atoms with Crippen LogP contribution in [0.4, 0.5) is 5.69 Å². The van der Waals surface area contributed by atoms with Crippen LogP contribution in [-0.2, 0) is 0 Å². The van der Waals surface area contributed by atoms with E-state index in [1.807, 2.05) is 26.0 Å². The maximum absolute atomic E-state index is 12.1. The van der Waals surface area contributed by atoms with Crippen molar-refractivity contribution in [1.29, 1.82) is 0 Å². The topological polar surface area (TPSA) is 41.1 Å². The molecule has 0 heterocycles. The number of carbonyl (C=O) groups is 1. The minimum Gasteiger partial charge on any atom is -0.332 e. The Morgan fingerprint density at radius 3 is 2.23 bits per heavy atom. The number of anilines is 1. The Morgan fingerprint density at radius 2 is 1.68 bits per heavy atom. The van der Waals surface area contributed by atoms with Crippen LogP contribution in [0.25, 0.3) is 0 Å². The average molecular weight is 398 g/mol. The van der Waals surface area contributed by atoms with Gasteiger partial charge in [0, 0.05) is 20.7 Å². The molecule has 0 radical (unpaired) electrons. The number of aryl methyl sites for hydroxylation is 2. The summed E-state index contributed by atoms with van der Waals surface area (Å²) in [6, 6.07) is 10.6. The van der Waals surface area contributed by atoms with Crippen molar-refractivity contribution in [1.82, 2.24) is 5.32 Å². The molecule has 6 heteroatoms. The largest absolute Gasteiger partial charge is 0.332 e. The lowest BCUT2D eigenvalue weighted by Gasteiger charge is -2.14. The maximum atomic E-state index is 12.1. The summed E-state index contributed by atoms with van der Waals surface area (Å²) in [6.45, 7) is 3.95. The maximum Gasteiger partial charge on any atom is 0.257 e. The molecule has 22 heavy (non-hydrogen) atoms. The molecule has 0 atom stereocenters. The third-order valence-electron chi connectivity index (χ3n) is 3.07. The first kappa shape index (κ1) is 16.9. The lowest BCUT2D eigenvalue weighted by molar-refractivity contribution is 0.0978. The molecular weight excluding hydrogens is 384 g/mol. The number of carbonyl (C=O) groups excluding carboxylic acids is 1. The van der Waals surface area contributed by atoms with E-state index in [0.29, 0.717) is 10.6 Å². The van der Waals surface area contributed by atoms with E-state index >= 15 is 0 Å². The zero-order valence-corrected chi connectivity index (χ0v) is 15.2. The molecule has 2 N–H and O–H groups in total. The van der Waals surface area contributed by atoms with Crippen molar-refractivity contribution < 1.29 is 4.79 Å². The van der Waals surface area contributed by atoms with Crippen LogP contribution >= 0.6 is 39.7 Å². The molecule has 0 spiro atoms. The highest BCUT2D eigenvalue weighted by Crippen LogP contribution is 2.25. The van der Waals surface area contributed by atoms with Crippen LogP contribution in [0.1, 0.15) is 21.5 Å². The molecular formula is C16H14BrClN2OS. The van der Waals surface area contributed by atoms with Gasteiger partial charge in [0.1, 0.15) is 0 Å². The molecule has 0 aromatic heterocycles. The third kappa shape index (κ3) is 4.29. The van der Waals surface area contributed by atoms with Crippen LogP contribution in [0.3, 0.4) is 0 Å². The van der Waals surface area contributed by atoms with Gasteiger partial charge in [-0.15, -0.1) is 0 Å². The third-order valence-corrected chi connectivity index (χ3v) is 3.98. The number of hydrogen-bond acceptors (Lipinski definition) is 2. The van der Waals surface area contributed by atoms with E-state index in [1.54, 1.807) is 24.3 Å². The van der Waals surface area contributed by atoms with Gasteiger partial charge >= 0.3 is 0 Å². The van der Waals surface area contributed by atoms with Crippen LogP contribution in [-0.4, -0.2) is 11.0 Å². The Kier molecular flexibility index (Phi) is 5.56. The van der Waals surface area contributed by atoms with E-state index in [-0.39, 0.29) is 11.0 Å². The fourth-order valence-electron chi connectivity index (χ4n) is 2.03. The molecule has 0 aliphatic carbocycles. The Bertz CT molecular complexity index is 708. The van der Waals surface area contributed by atoms with Gasteiger partial charge in [0.05, 0.1) is 0 Å². The molecule has 114 valence electrons. The molecule has 3 nitrogen and oxygen atoms in total. The lowest BCUT2D eigenvalue weighted by atomic mass is 10.1. The Morgan fingerprint density at radius 1 is 1.14 bits per heavy atom. The molecule has 0 aliphatic rings. The SMILES string of the molecule is Cc1cc(Br)cc(C)c1NC(=S)NC(=O)c1ccc(Cl)cc1. The number of rotatable bonds is 2. The van der Waals surface area contributed by atoms with Gasteiger partial charge in [-0.2, -0.15) is 0 Å². The number of thiocarbonyl (C=S) groups is 1. The van der Waals surface area contributed by atoms with Crippen LogP contribution < -0.4 is 10.6 Å². The summed E-state index contributed by atoms with van der Waals surface area (Å²) in [4.78, 5) is 12.1. The second kappa shape index (κ2) is 7.22. The first-order valence-electron chi connectivity index (χ1n) is 6.51. The number of nitrogens with one attached hydrogen (secondary N) is 2. The molecule has 1 amide bonds. The van der Waals surface area contributed by atoms with Crippen molar-refractivity contribution in [2.75, 3.05) is 5.32 Å². The molecule has 2 aromatic rings. The van der Waals surface area contributed by atoms with E-state index in [2.05, 4.69) is 26.6 Å². The number of hydrogen-bond donors (Lipinski definition) is 2. The highest BCUT2D eigenvalue weighted by molar-refractivity contribution is 9.10. The van der Waals surface area contributed by atoms with Crippen molar-refractivity contribution in [3.8, 4) is 0 Å². The van der Waals surface area contributed by atoms with Crippen LogP contribution in [0.5, 0.6) is 0 Å². The number of benzene rings is 2. The summed E-state index contributed by atoms with van der Waals surface area (Å²) in [5.74, 6) is -0.276.